The highest BCUT2D eigenvalue weighted by Crippen LogP contribution is 2.44. The lowest BCUT2D eigenvalue weighted by molar-refractivity contribution is -0.131. The first-order valence-electron chi connectivity index (χ1n) is 8.81. The predicted octanol–water partition coefficient (Wildman–Crippen LogP) is 4.16. The van der Waals surface area contributed by atoms with Gasteiger partial charge in [-0.25, -0.2) is 0 Å². The Morgan fingerprint density at radius 2 is 1.93 bits per heavy atom. The molecule has 1 saturated carbocycles. The maximum atomic E-state index is 13.0. The van der Waals surface area contributed by atoms with Crippen LogP contribution in [-0.4, -0.2) is 32.8 Å². The number of hydrogen-bond acceptors (Lipinski definition) is 5. The summed E-state index contributed by atoms with van der Waals surface area (Å²) in [5.41, 5.74) is 0.528. The normalized spacial score (nSPS) is 20.7. The summed E-state index contributed by atoms with van der Waals surface area (Å²) in [7, 11) is 0. The van der Waals surface area contributed by atoms with Gasteiger partial charge in [-0.05, 0) is 42.7 Å². The summed E-state index contributed by atoms with van der Waals surface area (Å²) in [5.74, 6) is -1.71. The van der Waals surface area contributed by atoms with Crippen LogP contribution in [0.25, 0.3) is 0 Å². The molecular weight excluding hydrogens is 370 g/mol. The van der Waals surface area contributed by atoms with Gasteiger partial charge in [-0.1, -0.05) is 30.5 Å². The third kappa shape index (κ3) is 2.90. The SMILES string of the molecule is O=C(C1=C(O)C(=O)N(C2CCCC2)C1c1ccc(O)c(Cl)c1)c1ccco1. The molecule has 0 spiro atoms. The van der Waals surface area contributed by atoms with Crippen molar-refractivity contribution in [3.63, 3.8) is 0 Å². The number of ketones is 1. The van der Waals surface area contributed by atoms with Crippen molar-refractivity contribution in [2.24, 2.45) is 0 Å². The van der Waals surface area contributed by atoms with E-state index in [4.69, 9.17) is 16.0 Å². The molecule has 0 radical (unpaired) electrons. The first kappa shape index (κ1) is 17.7. The number of carbonyl (C=O) groups is 2. The molecule has 4 rings (SSSR count). The van der Waals surface area contributed by atoms with E-state index in [1.807, 2.05) is 0 Å². The number of hydrogen-bond donors (Lipinski definition) is 2. The van der Waals surface area contributed by atoms with Crippen molar-refractivity contribution in [1.82, 2.24) is 4.90 Å². The van der Waals surface area contributed by atoms with Crippen molar-refractivity contribution in [2.75, 3.05) is 0 Å². The number of aliphatic hydroxyl groups is 1. The van der Waals surface area contributed by atoms with Gasteiger partial charge in [0.2, 0.25) is 5.78 Å². The van der Waals surface area contributed by atoms with Gasteiger partial charge in [0.1, 0.15) is 5.75 Å². The minimum absolute atomic E-state index is 0.0244. The number of rotatable bonds is 4. The highest BCUT2D eigenvalue weighted by atomic mass is 35.5. The molecule has 2 N–H and O–H groups in total. The fourth-order valence-electron chi connectivity index (χ4n) is 3.98. The van der Waals surface area contributed by atoms with E-state index in [1.54, 1.807) is 17.0 Å². The molecule has 1 unspecified atom stereocenters. The van der Waals surface area contributed by atoms with Crippen molar-refractivity contribution in [1.29, 1.82) is 0 Å². The number of furan rings is 1. The quantitative estimate of drug-likeness (QED) is 0.768. The van der Waals surface area contributed by atoms with Crippen molar-refractivity contribution in [3.05, 3.63) is 64.3 Å². The molecule has 2 aromatic rings. The minimum atomic E-state index is -0.781. The zero-order valence-corrected chi connectivity index (χ0v) is 15.1. The van der Waals surface area contributed by atoms with E-state index in [0.29, 0.717) is 5.56 Å². The van der Waals surface area contributed by atoms with Crippen molar-refractivity contribution in [2.45, 2.75) is 37.8 Å². The molecule has 7 heteroatoms. The topological polar surface area (TPSA) is 91.0 Å². The summed E-state index contributed by atoms with van der Waals surface area (Å²) < 4.78 is 5.19. The van der Waals surface area contributed by atoms with E-state index in [2.05, 4.69) is 0 Å². The summed E-state index contributed by atoms with van der Waals surface area (Å²) in [6.45, 7) is 0. The van der Waals surface area contributed by atoms with Crippen LogP contribution in [0.15, 0.2) is 52.3 Å². The second-order valence-electron chi connectivity index (χ2n) is 6.83. The van der Waals surface area contributed by atoms with Gasteiger partial charge in [0.15, 0.2) is 11.5 Å². The maximum Gasteiger partial charge on any atom is 0.290 e. The zero-order chi connectivity index (χ0) is 19.1. The second kappa shape index (κ2) is 6.78. The van der Waals surface area contributed by atoms with Crippen LogP contribution in [0.4, 0.5) is 0 Å². The Balaban J connectivity index is 1.84. The van der Waals surface area contributed by atoms with Crippen LogP contribution < -0.4 is 0 Å². The van der Waals surface area contributed by atoms with Crippen molar-refractivity contribution in [3.8, 4) is 5.75 Å². The standard InChI is InChI=1S/C20H18ClNO5/c21-13-10-11(7-8-14(13)23)17-16(18(24)15-6-3-9-27-15)19(25)20(26)22(17)12-4-1-2-5-12/h3,6-10,12,17,23,25H,1-2,4-5H2. The number of aromatic hydroxyl groups is 1. The number of aliphatic hydroxyl groups excluding tert-OH is 1. The molecule has 1 aromatic carbocycles. The molecule has 140 valence electrons. The van der Waals surface area contributed by atoms with Gasteiger partial charge in [0.25, 0.3) is 5.91 Å². The molecule has 1 aromatic heterocycles. The van der Waals surface area contributed by atoms with Crippen LogP contribution >= 0.6 is 11.6 Å². The summed E-state index contributed by atoms with van der Waals surface area (Å²) >= 11 is 6.06. The molecule has 1 fully saturated rings. The van der Waals surface area contributed by atoms with Gasteiger partial charge in [-0.2, -0.15) is 0 Å². The Hall–Kier alpha value is -2.73. The summed E-state index contributed by atoms with van der Waals surface area (Å²) in [5, 5.41) is 20.4. The molecule has 6 nitrogen and oxygen atoms in total. The molecule has 1 aliphatic carbocycles. The molecule has 2 heterocycles. The van der Waals surface area contributed by atoms with Gasteiger partial charge in [0.05, 0.1) is 22.9 Å². The number of Topliss-reactive ketones (excluding diaryl/α,β-unsaturated/α-hetero) is 1. The smallest absolute Gasteiger partial charge is 0.290 e. The van der Waals surface area contributed by atoms with E-state index in [0.717, 1.165) is 25.7 Å². The van der Waals surface area contributed by atoms with Gasteiger partial charge < -0.3 is 19.5 Å². The van der Waals surface area contributed by atoms with Crippen molar-refractivity contribution >= 4 is 23.3 Å². The Morgan fingerprint density at radius 3 is 2.56 bits per heavy atom. The highest BCUT2D eigenvalue weighted by molar-refractivity contribution is 6.32. The predicted molar refractivity (Wildman–Crippen MR) is 97.7 cm³/mol. The van der Waals surface area contributed by atoms with E-state index >= 15 is 0 Å². The van der Waals surface area contributed by atoms with E-state index in [-0.39, 0.29) is 28.1 Å². The van der Waals surface area contributed by atoms with E-state index in [1.165, 1.54) is 24.5 Å². The Labute approximate surface area is 160 Å². The molecule has 0 saturated heterocycles. The fraction of sp³-hybridized carbons (Fsp3) is 0.300. The Bertz CT molecular complexity index is 928. The average molecular weight is 388 g/mol. The molecule has 2 aliphatic rings. The zero-order valence-electron chi connectivity index (χ0n) is 14.4. The van der Waals surface area contributed by atoms with E-state index in [9.17, 15) is 19.8 Å². The molecule has 27 heavy (non-hydrogen) atoms. The molecule has 1 atom stereocenters. The lowest BCUT2D eigenvalue weighted by Gasteiger charge is -2.32. The molecule has 1 amide bonds. The number of nitrogens with zero attached hydrogens (tertiary/aromatic N) is 1. The minimum Gasteiger partial charge on any atom is -0.506 e. The Kier molecular flexibility index (Phi) is 4.44. The Morgan fingerprint density at radius 1 is 1.19 bits per heavy atom. The first-order valence-corrected chi connectivity index (χ1v) is 9.19. The number of carbonyl (C=O) groups excluding carboxylic acids is 2. The number of amides is 1. The third-order valence-electron chi connectivity index (χ3n) is 5.24. The van der Waals surface area contributed by atoms with Crippen LogP contribution in [0.5, 0.6) is 5.75 Å². The van der Waals surface area contributed by atoms with Crippen LogP contribution in [0, 0.1) is 0 Å². The van der Waals surface area contributed by atoms with Gasteiger partial charge in [-0.15, -0.1) is 0 Å². The fourth-order valence-corrected chi connectivity index (χ4v) is 4.16. The van der Waals surface area contributed by atoms with Crippen LogP contribution in [0.1, 0.15) is 47.8 Å². The van der Waals surface area contributed by atoms with Crippen LogP contribution in [0.2, 0.25) is 5.02 Å². The van der Waals surface area contributed by atoms with E-state index < -0.39 is 23.5 Å². The first-order chi connectivity index (χ1) is 13.0. The summed E-state index contributed by atoms with van der Waals surface area (Å²) in [6.07, 6.45) is 4.95. The summed E-state index contributed by atoms with van der Waals surface area (Å²) in [6, 6.07) is 6.75. The monoisotopic (exact) mass is 387 g/mol. The van der Waals surface area contributed by atoms with Gasteiger partial charge in [0, 0.05) is 6.04 Å². The second-order valence-corrected chi connectivity index (χ2v) is 7.24. The maximum absolute atomic E-state index is 13.0. The molecular formula is C20H18ClNO5. The molecule has 0 bridgehead atoms. The molecule has 1 aliphatic heterocycles. The summed E-state index contributed by atoms with van der Waals surface area (Å²) in [4.78, 5) is 27.4. The number of halogens is 1. The number of phenolic OH excluding ortho intramolecular Hbond substituents is 1. The average Bonchev–Trinajstić information content (AvgIpc) is 3.39. The van der Waals surface area contributed by atoms with Crippen molar-refractivity contribution < 1.29 is 24.2 Å². The highest BCUT2D eigenvalue weighted by Gasteiger charge is 2.47. The largest absolute Gasteiger partial charge is 0.506 e. The lowest BCUT2D eigenvalue weighted by Crippen LogP contribution is -2.38. The number of phenols is 1. The van der Waals surface area contributed by atoms with Gasteiger partial charge >= 0.3 is 0 Å². The van der Waals surface area contributed by atoms with Gasteiger partial charge in [-0.3, -0.25) is 9.59 Å². The lowest BCUT2D eigenvalue weighted by atomic mass is 9.94. The van der Waals surface area contributed by atoms with Crippen LogP contribution in [-0.2, 0) is 4.79 Å². The number of benzene rings is 1. The van der Waals surface area contributed by atoms with Crippen LogP contribution in [0.3, 0.4) is 0 Å². The third-order valence-corrected chi connectivity index (χ3v) is 5.54.